The predicted molar refractivity (Wildman–Crippen MR) is 109 cm³/mol. The lowest BCUT2D eigenvalue weighted by Crippen LogP contribution is -2.50. The van der Waals surface area contributed by atoms with Crippen molar-refractivity contribution in [1.82, 2.24) is 9.21 Å². The molecule has 1 amide bonds. The highest BCUT2D eigenvalue weighted by molar-refractivity contribution is 7.89. The summed E-state index contributed by atoms with van der Waals surface area (Å²) in [5, 5.41) is 0.480. The summed E-state index contributed by atoms with van der Waals surface area (Å²) in [4.78, 5) is 14.6. The van der Waals surface area contributed by atoms with Gasteiger partial charge in [0.2, 0.25) is 10.0 Å². The molecule has 1 fully saturated rings. The van der Waals surface area contributed by atoms with E-state index in [1.807, 2.05) is 13.0 Å². The van der Waals surface area contributed by atoms with E-state index >= 15 is 0 Å². The van der Waals surface area contributed by atoms with E-state index in [0.29, 0.717) is 36.0 Å². The lowest BCUT2D eigenvalue weighted by molar-refractivity contribution is 0.0693. The molecule has 1 heterocycles. The zero-order valence-electron chi connectivity index (χ0n) is 15.3. The second kappa shape index (κ2) is 8.69. The molecule has 3 rings (SSSR count). The minimum Gasteiger partial charge on any atom is -0.493 e. The molecular weight excluding hydrogens is 423 g/mol. The Labute approximate surface area is 174 Å². The van der Waals surface area contributed by atoms with Gasteiger partial charge in [0.1, 0.15) is 5.75 Å². The van der Waals surface area contributed by atoms with Gasteiger partial charge >= 0.3 is 0 Å². The van der Waals surface area contributed by atoms with Crippen molar-refractivity contribution in [2.75, 3.05) is 32.8 Å². The van der Waals surface area contributed by atoms with Crippen LogP contribution >= 0.6 is 23.2 Å². The first-order valence-corrected chi connectivity index (χ1v) is 11.0. The number of hydrogen-bond donors (Lipinski definition) is 0. The van der Waals surface area contributed by atoms with E-state index in [1.54, 1.807) is 23.1 Å². The maximum absolute atomic E-state index is 12.8. The number of halogens is 2. The summed E-state index contributed by atoms with van der Waals surface area (Å²) in [6.45, 7) is 3.30. The van der Waals surface area contributed by atoms with E-state index in [1.165, 1.54) is 22.5 Å². The zero-order valence-corrected chi connectivity index (χ0v) is 17.6. The fourth-order valence-electron chi connectivity index (χ4n) is 3.01. The second-order valence-corrected chi connectivity index (χ2v) is 8.95. The Balaban J connectivity index is 1.72. The fraction of sp³-hybridized carbons (Fsp3) is 0.316. The van der Waals surface area contributed by atoms with Crippen molar-refractivity contribution in [1.29, 1.82) is 0 Å². The van der Waals surface area contributed by atoms with E-state index in [0.717, 1.165) is 0 Å². The first-order valence-electron chi connectivity index (χ1n) is 8.81. The molecule has 0 radical (unpaired) electrons. The average Bonchev–Trinajstić information content (AvgIpc) is 2.70. The maximum Gasteiger partial charge on any atom is 0.257 e. The first kappa shape index (κ1) is 20.9. The molecule has 0 spiro atoms. The van der Waals surface area contributed by atoms with Crippen molar-refractivity contribution in [3.05, 3.63) is 58.1 Å². The Hall–Kier alpha value is -1.80. The van der Waals surface area contributed by atoms with Gasteiger partial charge in [0.05, 0.1) is 27.1 Å². The number of para-hydroxylation sites is 1. The van der Waals surface area contributed by atoms with Crippen molar-refractivity contribution < 1.29 is 17.9 Å². The maximum atomic E-state index is 12.8. The smallest absolute Gasteiger partial charge is 0.257 e. The molecule has 2 aromatic rings. The van der Waals surface area contributed by atoms with Gasteiger partial charge in [0, 0.05) is 26.2 Å². The number of nitrogens with zero attached hydrogens (tertiary/aromatic N) is 2. The topological polar surface area (TPSA) is 66.9 Å². The second-order valence-electron chi connectivity index (χ2n) is 6.20. The van der Waals surface area contributed by atoms with Crippen molar-refractivity contribution in [3.8, 4) is 5.75 Å². The summed E-state index contributed by atoms with van der Waals surface area (Å²) < 4.78 is 32.6. The molecule has 1 aliphatic heterocycles. The molecule has 1 saturated heterocycles. The van der Waals surface area contributed by atoms with E-state index in [9.17, 15) is 13.2 Å². The highest BCUT2D eigenvalue weighted by Crippen LogP contribution is 2.27. The molecule has 0 bridgehead atoms. The molecule has 0 aromatic heterocycles. The molecule has 0 aliphatic carbocycles. The molecule has 9 heteroatoms. The minimum atomic E-state index is -3.70. The Kier molecular flexibility index (Phi) is 6.50. The largest absolute Gasteiger partial charge is 0.493 e. The van der Waals surface area contributed by atoms with E-state index in [4.69, 9.17) is 27.9 Å². The van der Waals surface area contributed by atoms with Crippen molar-refractivity contribution >= 4 is 39.1 Å². The number of piperazine rings is 1. The molecule has 28 heavy (non-hydrogen) atoms. The van der Waals surface area contributed by atoms with Gasteiger partial charge in [0.15, 0.2) is 0 Å². The van der Waals surface area contributed by atoms with E-state index in [2.05, 4.69) is 0 Å². The number of benzene rings is 2. The minimum absolute atomic E-state index is 0.0865. The third kappa shape index (κ3) is 4.27. The predicted octanol–water partition coefficient (Wildman–Crippen LogP) is 3.54. The molecular formula is C19H20Cl2N2O4S. The van der Waals surface area contributed by atoms with Crippen LogP contribution in [0.4, 0.5) is 0 Å². The highest BCUT2D eigenvalue weighted by atomic mass is 35.5. The summed E-state index contributed by atoms with van der Waals surface area (Å²) in [6.07, 6.45) is 0. The van der Waals surface area contributed by atoms with Crippen LogP contribution in [0, 0.1) is 0 Å². The van der Waals surface area contributed by atoms with Crippen LogP contribution in [-0.4, -0.2) is 56.3 Å². The summed E-state index contributed by atoms with van der Waals surface area (Å²) in [7, 11) is -3.70. The van der Waals surface area contributed by atoms with E-state index < -0.39 is 10.0 Å². The van der Waals surface area contributed by atoms with Gasteiger partial charge in [-0.3, -0.25) is 4.79 Å². The van der Waals surface area contributed by atoms with Gasteiger partial charge in [0.25, 0.3) is 5.91 Å². The van der Waals surface area contributed by atoms with Crippen molar-refractivity contribution in [2.24, 2.45) is 0 Å². The SMILES string of the molecule is CCOc1ccccc1C(=O)N1CCN(S(=O)(=O)c2ccc(Cl)c(Cl)c2)CC1. The molecule has 6 nitrogen and oxygen atoms in total. The molecule has 150 valence electrons. The van der Waals surface area contributed by atoms with Crippen LogP contribution in [0.2, 0.25) is 10.0 Å². The lowest BCUT2D eigenvalue weighted by atomic mass is 10.1. The van der Waals surface area contributed by atoms with Crippen LogP contribution in [-0.2, 0) is 10.0 Å². The number of amides is 1. The number of ether oxygens (including phenoxy) is 1. The van der Waals surface area contributed by atoms with Crippen molar-refractivity contribution in [3.63, 3.8) is 0 Å². The van der Waals surface area contributed by atoms with Crippen LogP contribution in [0.25, 0.3) is 0 Å². The Morgan fingerprint density at radius 3 is 2.36 bits per heavy atom. The fourth-order valence-corrected chi connectivity index (χ4v) is 4.82. The van der Waals surface area contributed by atoms with Crippen LogP contribution in [0.5, 0.6) is 5.75 Å². The van der Waals surface area contributed by atoms with Gasteiger partial charge in [-0.2, -0.15) is 4.31 Å². The first-order chi connectivity index (χ1) is 13.3. The molecule has 1 aliphatic rings. The van der Waals surface area contributed by atoms with Gasteiger partial charge in [-0.15, -0.1) is 0 Å². The van der Waals surface area contributed by atoms with E-state index in [-0.39, 0.29) is 28.9 Å². The Morgan fingerprint density at radius 1 is 1.04 bits per heavy atom. The third-order valence-electron chi connectivity index (χ3n) is 4.47. The van der Waals surface area contributed by atoms with Crippen molar-refractivity contribution in [2.45, 2.75) is 11.8 Å². The van der Waals surface area contributed by atoms with Gasteiger partial charge in [-0.05, 0) is 37.3 Å². The molecule has 2 aromatic carbocycles. The third-order valence-corrected chi connectivity index (χ3v) is 7.11. The number of carbonyl (C=O) groups excluding carboxylic acids is 1. The molecule has 0 N–H and O–H groups in total. The van der Waals surface area contributed by atoms with Gasteiger partial charge in [-0.1, -0.05) is 35.3 Å². The average molecular weight is 443 g/mol. The lowest BCUT2D eigenvalue weighted by Gasteiger charge is -2.34. The normalized spacial score (nSPS) is 15.5. The summed E-state index contributed by atoms with van der Waals surface area (Å²) in [6, 6.07) is 11.3. The quantitative estimate of drug-likeness (QED) is 0.709. The molecule has 0 unspecified atom stereocenters. The van der Waals surface area contributed by atoms with Crippen LogP contribution in [0.3, 0.4) is 0 Å². The Morgan fingerprint density at radius 2 is 1.71 bits per heavy atom. The van der Waals surface area contributed by atoms with Crippen LogP contribution in [0.15, 0.2) is 47.4 Å². The zero-order chi connectivity index (χ0) is 20.3. The standard InChI is InChI=1S/C19H20Cl2N2O4S/c1-2-27-18-6-4-3-5-15(18)19(24)22-9-11-23(12-10-22)28(25,26)14-7-8-16(20)17(21)13-14/h3-8,13H,2,9-12H2,1H3. The molecule has 0 atom stereocenters. The number of hydrogen-bond acceptors (Lipinski definition) is 4. The van der Waals surface area contributed by atoms with Crippen LogP contribution in [0.1, 0.15) is 17.3 Å². The van der Waals surface area contributed by atoms with Gasteiger partial charge < -0.3 is 9.64 Å². The summed E-state index contributed by atoms with van der Waals surface area (Å²) in [5.74, 6) is 0.358. The summed E-state index contributed by atoms with van der Waals surface area (Å²) >= 11 is 11.8. The number of sulfonamides is 1. The number of rotatable bonds is 5. The number of carbonyl (C=O) groups is 1. The van der Waals surface area contributed by atoms with Gasteiger partial charge in [-0.25, -0.2) is 8.42 Å². The Bertz CT molecular complexity index is 974. The molecule has 0 saturated carbocycles. The highest BCUT2D eigenvalue weighted by Gasteiger charge is 2.31. The van der Waals surface area contributed by atoms with Crippen LogP contribution < -0.4 is 4.74 Å². The monoisotopic (exact) mass is 442 g/mol. The summed E-state index contributed by atoms with van der Waals surface area (Å²) in [5.41, 5.74) is 0.477.